The SMILES string of the molecule is Cc1cc(-c2ccccc2C(C)OCC(O)CN2CCCC2)ccc1C(=O)O.Cc1cccs1. The molecule has 0 bridgehead atoms. The molecule has 2 heterocycles. The molecule has 0 spiro atoms. The van der Waals surface area contributed by atoms with Crippen LogP contribution in [0.25, 0.3) is 11.1 Å². The van der Waals surface area contributed by atoms with E-state index in [0.717, 1.165) is 35.3 Å². The lowest BCUT2D eigenvalue weighted by Gasteiger charge is -2.22. The summed E-state index contributed by atoms with van der Waals surface area (Å²) in [5.41, 5.74) is 4.05. The van der Waals surface area contributed by atoms with Crippen LogP contribution < -0.4 is 0 Å². The van der Waals surface area contributed by atoms with Gasteiger partial charge in [0, 0.05) is 11.4 Å². The number of hydrogen-bond acceptors (Lipinski definition) is 5. The quantitative estimate of drug-likeness (QED) is 0.416. The minimum Gasteiger partial charge on any atom is -0.478 e. The Morgan fingerprint density at radius 3 is 2.41 bits per heavy atom. The molecule has 1 saturated heterocycles. The van der Waals surface area contributed by atoms with Crippen LogP contribution in [0.2, 0.25) is 0 Å². The van der Waals surface area contributed by atoms with Crippen LogP contribution in [0.5, 0.6) is 0 Å². The predicted octanol–water partition coefficient (Wildman–Crippen LogP) is 5.95. The van der Waals surface area contributed by atoms with E-state index in [-0.39, 0.29) is 6.10 Å². The highest BCUT2D eigenvalue weighted by Gasteiger charge is 2.18. The van der Waals surface area contributed by atoms with Crippen molar-refractivity contribution in [3.05, 3.63) is 81.5 Å². The zero-order chi connectivity index (χ0) is 24.5. The number of β-amino-alcohol motifs (C(OH)–C–C–N with tert-alkyl or cyclic N) is 1. The van der Waals surface area contributed by atoms with E-state index in [2.05, 4.69) is 29.3 Å². The highest BCUT2D eigenvalue weighted by molar-refractivity contribution is 7.09. The van der Waals surface area contributed by atoms with Crippen LogP contribution in [0.1, 0.15) is 52.2 Å². The summed E-state index contributed by atoms with van der Waals surface area (Å²) in [5, 5.41) is 21.6. The second-order valence-corrected chi connectivity index (χ2v) is 9.93. The summed E-state index contributed by atoms with van der Waals surface area (Å²) >= 11 is 1.78. The van der Waals surface area contributed by atoms with Gasteiger partial charge in [-0.05, 0) is 86.5 Å². The number of aliphatic hydroxyl groups is 1. The number of hydrogen-bond donors (Lipinski definition) is 2. The summed E-state index contributed by atoms with van der Waals surface area (Å²) in [6.45, 7) is 8.96. The number of carbonyl (C=O) groups is 1. The average Bonchev–Trinajstić information content (AvgIpc) is 3.51. The van der Waals surface area contributed by atoms with E-state index in [0.29, 0.717) is 18.7 Å². The Balaban J connectivity index is 0.000000469. The molecule has 2 atom stereocenters. The molecule has 0 radical (unpaired) electrons. The van der Waals surface area contributed by atoms with Gasteiger partial charge in [0.2, 0.25) is 0 Å². The maximum Gasteiger partial charge on any atom is 0.335 e. The van der Waals surface area contributed by atoms with Crippen LogP contribution in [-0.4, -0.2) is 53.4 Å². The van der Waals surface area contributed by atoms with E-state index in [1.165, 1.54) is 17.7 Å². The number of thiophene rings is 1. The van der Waals surface area contributed by atoms with Gasteiger partial charge in [0.1, 0.15) is 0 Å². The maximum absolute atomic E-state index is 11.3. The van der Waals surface area contributed by atoms with Crippen molar-refractivity contribution in [3.8, 4) is 11.1 Å². The first-order valence-corrected chi connectivity index (χ1v) is 12.7. The van der Waals surface area contributed by atoms with Gasteiger partial charge in [-0.25, -0.2) is 4.79 Å². The van der Waals surface area contributed by atoms with Crippen LogP contribution in [0.15, 0.2) is 60.0 Å². The standard InChI is InChI=1S/C23H29NO4.C5H6S/c1-16-13-18(9-10-20(16)23(26)27)22-8-4-3-7-21(22)17(2)28-15-19(25)14-24-11-5-6-12-24;1-5-3-2-4-6-5/h3-4,7-10,13,17,19,25H,5-6,11-12,14-15H2,1-2H3,(H,26,27);2-4H,1H3. The van der Waals surface area contributed by atoms with Crippen molar-refractivity contribution in [2.75, 3.05) is 26.2 Å². The molecule has 6 heteroatoms. The summed E-state index contributed by atoms with van der Waals surface area (Å²) < 4.78 is 5.98. The van der Waals surface area contributed by atoms with Gasteiger partial charge in [-0.3, -0.25) is 0 Å². The van der Waals surface area contributed by atoms with Crippen molar-refractivity contribution >= 4 is 17.3 Å². The molecule has 4 rings (SSSR count). The minimum absolute atomic E-state index is 0.177. The Morgan fingerprint density at radius 1 is 1.09 bits per heavy atom. The molecule has 34 heavy (non-hydrogen) atoms. The molecule has 1 fully saturated rings. The zero-order valence-corrected chi connectivity index (χ0v) is 21.1. The first kappa shape index (κ1) is 26.1. The number of ether oxygens (including phenoxy) is 1. The zero-order valence-electron chi connectivity index (χ0n) is 20.2. The van der Waals surface area contributed by atoms with Crippen LogP contribution in [0.3, 0.4) is 0 Å². The van der Waals surface area contributed by atoms with Gasteiger partial charge in [0.25, 0.3) is 0 Å². The van der Waals surface area contributed by atoms with E-state index in [9.17, 15) is 15.0 Å². The van der Waals surface area contributed by atoms with Gasteiger partial charge in [-0.2, -0.15) is 0 Å². The molecule has 0 amide bonds. The molecular formula is C28H35NO4S. The average molecular weight is 482 g/mol. The molecule has 1 aliphatic rings. The fourth-order valence-electron chi connectivity index (χ4n) is 4.21. The molecule has 0 saturated carbocycles. The van der Waals surface area contributed by atoms with E-state index in [1.54, 1.807) is 17.4 Å². The molecule has 2 N–H and O–H groups in total. The third-order valence-electron chi connectivity index (χ3n) is 6.04. The number of aliphatic hydroxyl groups excluding tert-OH is 1. The van der Waals surface area contributed by atoms with Crippen molar-refractivity contribution < 1.29 is 19.7 Å². The summed E-state index contributed by atoms with van der Waals surface area (Å²) in [6, 6.07) is 17.5. The summed E-state index contributed by atoms with van der Waals surface area (Å²) in [5.74, 6) is -0.916. The van der Waals surface area contributed by atoms with E-state index in [4.69, 9.17) is 4.74 Å². The third-order valence-corrected chi connectivity index (χ3v) is 6.84. The maximum atomic E-state index is 11.3. The monoisotopic (exact) mass is 481 g/mol. The second-order valence-electron chi connectivity index (χ2n) is 8.78. The van der Waals surface area contributed by atoms with E-state index < -0.39 is 12.1 Å². The topological polar surface area (TPSA) is 70.0 Å². The Bertz CT molecular complexity index is 1040. The van der Waals surface area contributed by atoms with Crippen molar-refractivity contribution in [3.63, 3.8) is 0 Å². The van der Waals surface area contributed by atoms with Gasteiger partial charge < -0.3 is 19.8 Å². The Labute approximate surface area is 206 Å². The fraction of sp³-hybridized carbons (Fsp3) is 0.393. The third kappa shape index (κ3) is 7.50. The van der Waals surface area contributed by atoms with Crippen molar-refractivity contribution in [2.45, 2.75) is 45.8 Å². The number of benzene rings is 2. The Morgan fingerprint density at radius 2 is 1.82 bits per heavy atom. The molecule has 0 aliphatic carbocycles. The molecule has 5 nitrogen and oxygen atoms in total. The predicted molar refractivity (Wildman–Crippen MR) is 139 cm³/mol. The molecule has 3 aromatic rings. The van der Waals surface area contributed by atoms with Crippen LogP contribution in [0.4, 0.5) is 0 Å². The molecule has 1 aromatic heterocycles. The molecule has 2 unspecified atom stereocenters. The molecule has 2 aromatic carbocycles. The summed E-state index contributed by atoms with van der Waals surface area (Å²) in [6.07, 6.45) is 1.74. The smallest absolute Gasteiger partial charge is 0.335 e. The van der Waals surface area contributed by atoms with Crippen LogP contribution >= 0.6 is 11.3 Å². The summed E-state index contributed by atoms with van der Waals surface area (Å²) in [4.78, 5) is 14.9. The number of aromatic carboxylic acids is 1. The van der Waals surface area contributed by atoms with Crippen LogP contribution in [-0.2, 0) is 4.74 Å². The lowest BCUT2D eigenvalue weighted by molar-refractivity contribution is -0.0131. The number of likely N-dealkylation sites (tertiary alicyclic amines) is 1. The number of nitrogens with zero attached hydrogens (tertiary/aromatic N) is 1. The second kappa shape index (κ2) is 12.8. The van der Waals surface area contributed by atoms with Gasteiger partial charge in [-0.1, -0.05) is 42.5 Å². The van der Waals surface area contributed by atoms with E-state index >= 15 is 0 Å². The van der Waals surface area contributed by atoms with Crippen LogP contribution in [0, 0.1) is 13.8 Å². The van der Waals surface area contributed by atoms with E-state index in [1.807, 2.05) is 50.2 Å². The number of rotatable bonds is 8. The Kier molecular flexibility index (Phi) is 9.84. The highest BCUT2D eigenvalue weighted by Crippen LogP contribution is 2.31. The first-order valence-electron chi connectivity index (χ1n) is 11.8. The van der Waals surface area contributed by atoms with Gasteiger partial charge >= 0.3 is 5.97 Å². The normalized spacial score (nSPS) is 15.4. The highest BCUT2D eigenvalue weighted by atomic mass is 32.1. The van der Waals surface area contributed by atoms with Gasteiger partial charge in [0.05, 0.1) is 24.4 Å². The minimum atomic E-state index is -0.916. The van der Waals surface area contributed by atoms with Crippen molar-refractivity contribution in [1.29, 1.82) is 0 Å². The molecule has 182 valence electrons. The fourth-order valence-corrected chi connectivity index (χ4v) is 4.74. The lowest BCUT2D eigenvalue weighted by Crippen LogP contribution is -2.33. The van der Waals surface area contributed by atoms with Gasteiger partial charge in [0.15, 0.2) is 0 Å². The first-order chi connectivity index (χ1) is 16.3. The number of carboxylic acids is 1. The number of carboxylic acid groups (broad SMARTS) is 1. The molecule has 1 aliphatic heterocycles. The largest absolute Gasteiger partial charge is 0.478 e. The summed E-state index contributed by atoms with van der Waals surface area (Å²) in [7, 11) is 0. The number of aryl methyl sites for hydroxylation is 2. The Hall–Kier alpha value is -2.51. The lowest BCUT2D eigenvalue weighted by atomic mass is 9.94. The van der Waals surface area contributed by atoms with Crippen molar-refractivity contribution in [1.82, 2.24) is 4.90 Å². The van der Waals surface area contributed by atoms with Crippen molar-refractivity contribution in [2.24, 2.45) is 0 Å². The van der Waals surface area contributed by atoms with Gasteiger partial charge in [-0.15, -0.1) is 11.3 Å². The molecular weight excluding hydrogens is 446 g/mol.